The summed E-state index contributed by atoms with van der Waals surface area (Å²) < 4.78 is 10.3. The number of hydrogen-bond donors (Lipinski definition) is 3. The second kappa shape index (κ2) is 17.8. The number of nitrogens with zero attached hydrogens (tertiary/aromatic N) is 1. The second-order valence-electron chi connectivity index (χ2n) is 10.4. The largest absolute Gasteiger partial charge is 0.466 e. The minimum Gasteiger partial charge on any atom is -0.466 e. The van der Waals surface area contributed by atoms with Crippen LogP contribution in [0.4, 0.5) is 4.79 Å². The average Bonchev–Trinajstić information content (AvgIpc) is 2.86. The topological polar surface area (TPSA) is 114 Å². The normalized spacial score (nSPS) is 12.7. The highest BCUT2D eigenvalue weighted by atomic mass is 32.1. The predicted octanol–water partition coefficient (Wildman–Crippen LogP) is 4.73. The van der Waals surface area contributed by atoms with E-state index in [1.54, 1.807) is 27.7 Å². The smallest absolute Gasteiger partial charge is 0.408 e. The maximum Gasteiger partial charge on any atom is 0.408 e. The summed E-state index contributed by atoms with van der Waals surface area (Å²) >= 11 is 4.33. The lowest BCUT2D eigenvalue weighted by atomic mass is 9.97. The van der Waals surface area contributed by atoms with Gasteiger partial charge in [-0.3, -0.25) is 14.4 Å². The zero-order chi connectivity index (χ0) is 29.4. The fourth-order valence-electron chi connectivity index (χ4n) is 4.05. The number of carbonyl (C=O) groups is 4. The highest BCUT2D eigenvalue weighted by Gasteiger charge is 2.36. The van der Waals surface area contributed by atoms with Crippen molar-refractivity contribution in [3.05, 3.63) is 35.4 Å². The van der Waals surface area contributed by atoms with Gasteiger partial charge in [-0.15, -0.1) is 0 Å². The number of ether oxygens (including phenoxy) is 2. The molecule has 0 saturated heterocycles. The van der Waals surface area contributed by atoms with Crippen LogP contribution < -0.4 is 10.6 Å². The number of nitrogens with one attached hydrogen (secondary N) is 2. The molecule has 0 aliphatic rings. The first kappa shape index (κ1) is 34.3. The number of hydrogen-bond acceptors (Lipinski definition) is 7. The monoisotopic (exact) mass is 565 g/mol. The molecule has 1 rings (SSSR count). The number of benzene rings is 1. The van der Waals surface area contributed by atoms with Gasteiger partial charge in [0.2, 0.25) is 11.8 Å². The molecular weight excluding hydrogens is 518 g/mol. The van der Waals surface area contributed by atoms with Crippen LogP contribution in [0.3, 0.4) is 0 Å². The molecule has 0 saturated carbocycles. The summed E-state index contributed by atoms with van der Waals surface area (Å²) in [6, 6.07) is 5.42. The molecule has 0 aromatic heterocycles. The Labute approximate surface area is 239 Å². The third-order valence-electron chi connectivity index (χ3n) is 5.93. The van der Waals surface area contributed by atoms with Crippen molar-refractivity contribution in [1.82, 2.24) is 15.5 Å². The van der Waals surface area contributed by atoms with Crippen LogP contribution in [0.15, 0.2) is 24.3 Å². The molecule has 2 N–H and O–H groups in total. The van der Waals surface area contributed by atoms with Gasteiger partial charge in [-0.25, -0.2) is 4.79 Å². The van der Waals surface area contributed by atoms with Crippen molar-refractivity contribution in [1.29, 1.82) is 0 Å². The summed E-state index contributed by atoms with van der Waals surface area (Å²) in [5.41, 5.74) is 0.771. The summed E-state index contributed by atoms with van der Waals surface area (Å²) in [6.07, 6.45) is 4.06. The predicted molar refractivity (Wildman–Crippen MR) is 156 cm³/mol. The van der Waals surface area contributed by atoms with Gasteiger partial charge in [0, 0.05) is 18.8 Å². The Kier molecular flexibility index (Phi) is 15.6. The van der Waals surface area contributed by atoms with E-state index in [0.717, 1.165) is 31.2 Å². The van der Waals surface area contributed by atoms with Crippen molar-refractivity contribution >= 4 is 36.5 Å². The van der Waals surface area contributed by atoms with Crippen LogP contribution in [0.5, 0.6) is 0 Å². The standard InChI is InChI=1S/C29H47N3O6S/c1-7-9-10-11-14-19-32(27(35)23(20-39)31-28(36)38-29(4,5)6)25(22-16-13-12-15-21(22)3)26(34)30-18-17-24(33)37-8-2/h12-13,15-16,23,25,39H,7-11,14,17-20H2,1-6H3,(H,30,34)(H,31,36). The van der Waals surface area contributed by atoms with Crippen LogP contribution in [0, 0.1) is 6.92 Å². The third kappa shape index (κ3) is 12.8. The first-order valence-corrected chi connectivity index (χ1v) is 14.5. The number of rotatable bonds is 16. The summed E-state index contributed by atoms with van der Waals surface area (Å²) in [6.45, 7) is 11.6. The van der Waals surface area contributed by atoms with E-state index < -0.39 is 41.6 Å². The van der Waals surface area contributed by atoms with Crippen molar-refractivity contribution < 1.29 is 28.7 Å². The van der Waals surface area contributed by atoms with Gasteiger partial charge in [-0.05, 0) is 52.2 Å². The Balaban J connectivity index is 3.33. The minimum atomic E-state index is -1.00. The van der Waals surface area contributed by atoms with E-state index in [-0.39, 0.29) is 25.3 Å². The van der Waals surface area contributed by atoms with E-state index in [1.165, 1.54) is 4.90 Å². The van der Waals surface area contributed by atoms with Crippen molar-refractivity contribution in [2.24, 2.45) is 0 Å². The zero-order valence-corrected chi connectivity index (χ0v) is 25.3. The minimum absolute atomic E-state index is 0.0184. The van der Waals surface area contributed by atoms with Gasteiger partial charge >= 0.3 is 12.1 Å². The van der Waals surface area contributed by atoms with E-state index in [4.69, 9.17) is 9.47 Å². The number of alkyl carbamates (subject to hydrolysis) is 1. The van der Waals surface area contributed by atoms with Gasteiger partial charge in [0.15, 0.2) is 0 Å². The van der Waals surface area contributed by atoms with E-state index in [9.17, 15) is 19.2 Å². The van der Waals surface area contributed by atoms with Crippen LogP contribution in [0.2, 0.25) is 0 Å². The van der Waals surface area contributed by atoms with Crippen LogP contribution >= 0.6 is 12.6 Å². The summed E-state index contributed by atoms with van der Waals surface area (Å²) in [4.78, 5) is 53.4. The van der Waals surface area contributed by atoms with E-state index >= 15 is 0 Å². The molecule has 0 radical (unpaired) electrons. The Hall–Kier alpha value is -2.75. The first-order chi connectivity index (χ1) is 18.4. The number of amides is 3. The highest BCUT2D eigenvalue weighted by Crippen LogP contribution is 2.26. The average molecular weight is 566 g/mol. The van der Waals surface area contributed by atoms with Crippen LogP contribution in [-0.2, 0) is 23.9 Å². The summed E-state index contributed by atoms with van der Waals surface area (Å²) in [5, 5.41) is 5.43. The second-order valence-corrected chi connectivity index (χ2v) is 10.8. The molecule has 0 aliphatic carbocycles. The van der Waals surface area contributed by atoms with Gasteiger partial charge in [-0.1, -0.05) is 56.9 Å². The molecular formula is C29H47N3O6S. The van der Waals surface area contributed by atoms with E-state index in [0.29, 0.717) is 18.5 Å². The van der Waals surface area contributed by atoms with Gasteiger partial charge in [0.1, 0.15) is 17.7 Å². The molecule has 1 aromatic carbocycles. The van der Waals surface area contributed by atoms with Crippen molar-refractivity contribution in [2.75, 3.05) is 25.4 Å². The fourth-order valence-corrected chi connectivity index (χ4v) is 4.30. The maximum absolute atomic E-state index is 13.9. The molecule has 9 nitrogen and oxygen atoms in total. The zero-order valence-electron chi connectivity index (χ0n) is 24.4. The molecule has 3 amide bonds. The quantitative estimate of drug-likeness (QED) is 0.152. The van der Waals surface area contributed by atoms with Crippen molar-refractivity contribution in [3.8, 4) is 0 Å². The lowest BCUT2D eigenvalue weighted by molar-refractivity contribution is -0.144. The molecule has 39 heavy (non-hydrogen) atoms. The lowest BCUT2D eigenvalue weighted by Gasteiger charge is -2.35. The summed E-state index contributed by atoms with van der Waals surface area (Å²) in [5.74, 6) is -1.23. The molecule has 0 spiro atoms. The van der Waals surface area contributed by atoms with Crippen molar-refractivity contribution in [3.63, 3.8) is 0 Å². The van der Waals surface area contributed by atoms with E-state index in [2.05, 4.69) is 30.2 Å². The molecule has 2 atom stereocenters. The van der Waals surface area contributed by atoms with Crippen LogP contribution in [0.25, 0.3) is 0 Å². The molecule has 0 fully saturated rings. The molecule has 0 aliphatic heterocycles. The summed E-state index contributed by atoms with van der Waals surface area (Å²) in [7, 11) is 0. The number of unbranched alkanes of at least 4 members (excludes halogenated alkanes) is 4. The third-order valence-corrected chi connectivity index (χ3v) is 6.30. The van der Waals surface area contributed by atoms with Crippen molar-refractivity contribution in [2.45, 2.75) is 97.8 Å². The lowest BCUT2D eigenvalue weighted by Crippen LogP contribution is -2.54. The Morgan fingerprint density at radius 3 is 2.28 bits per heavy atom. The molecule has 0 bridgehead atoms. The Morgan fingerprint density at radius 1 is 1.03 bits per heavy atom. The Morgan fingerprint density at radius 2 is 1.69 bits per heavy atom. The van der Waals surface area contributed by atoms with Gasteiger partial charge in [0.05, 0.1) is 13.0 Å². The van der Waals surface area contributed by atoms with Gasteiger partial charge in [-0.2, -0.15) is 12.6 Å². The molecule has 1 aromatic rings. The Bertz CT molecular complexity index is 934. The molecule has 0 heterocycles. The number of thiol groups is 1. The fraction of sp³-hybridized carbons (Fsp3) is 0.655. The number of carbonyl (C=O) groups excluding carboxylic acids is 4. The molecule has 2 unspecified atom stereocenters. The maximum atomic E-state index is 13.9. The van der Waals surface area contributed by atoms with Gasteiger partial charge < -0.3 is 25.0 Å². The SMILES string of the molecule is CCCCCCCN(C(=O)C(CS)NC(=O)OC(C)(C)C)C(C(=O)NCCC(=O)OCC)c1ccccc1C. The molecule has 10 heteroatoms. The van der Waals surface area contributed by atoms with E-state index in [1.807, 2.05) is 31.2 Å². The van der Waals surface area contributed by atoms with Gasteiger partial charge in [0.25, 0.3) is 0 Å². The first-order valence-electron chi connectivity index (χ1n) is 13.8. The molecule has 220 valence electrons. The number of aryl methyl sites for hydroxylation is 1. The van der Waals surface area contributed by atoms with Crippen LogP contribution in [0.1, 0.15) is 90.3 Å². The highest BCUT2D eigenvalue weighted by molar-refractivity contribution is 7.80. The van der Waals surface area contributed by atoms with Crippen LogP contribution in [-0.4, -0.2) is 65.9 Å². The number of esters is 1.